The van der Waals surface area contributed by atoms with E-state index in [-0.39, 0.29) is 12.1 Å². The first-order valence-electron chi connectivity index (χ1n) is 6.38. The van der Waals surface area contributed by atoms with Crippen molar-refractivity contribution in [1.29, 1.82) is 0 Å². The van der Waals surface area contributed by atoms with Gasteiger partial charge in [-0.3, -0.25) is 4.79 Å². The molecule has 6 nitrogen and oxygen atoms in total. The lowest BCUT2D eigenvalue weighted by molar-refractivity contribution is 0.0693. The largest absolute Gasteiger partial charge is 0.481 e. The molecule has 0 spiro atoms. The van der Waals surface area contributed by atoms with E-state index in [1.165, 1.54) is 11.7 Å². The summed E-state index contributed by atoms with van der Waals surface area (Å²) in [6, 6.07) is 6.92. The minimum Gasteiger partial charge on any atom is -0.481 e. The van der Waals surface area contributed by atoms with E-state index < -0.39 is 11.5 Å². The van der Waals surface area contributed by atoms with Crippen molar-refractivity contribution in [2.24, 2.45) is 0 Å². The molecule has 0 atom stereocenters. The van der Waals surface area contributed by atoms with Gasteiger partial charge < -0.3 is 14.4 Å². The summed E-state index contributed by atoms with van der Waals surface area (Å²) in [7, 11) is 1.51. The van der Waals surface area contributed by atoms with Crippen LogP contribution in [0.5, 0.6) is 5.88 Å². The van der Waals surface area contributed by atoms with Crippen LogP contribution in [0, 0.1) is 13.8 Å². The Hall–Kier alpha value is -2.63. The number of aromatic carboxylic acids is 1. The van der Waals surface area contributed by atoms with E-state index in [0.717, 1.165) is 0 Å². The number of aromatic nitrogens is 2. The fourth-order valence-corrected chi connectivity index (χ4v) is 2.21. The number of rotatable bonds is 4. The first-order chi connectivity index (χ1) is 9.93. The second-order valence-corrected chi connectivity index (χ2v) is 4.71. The first-order valence-corrected chi connectivity index (χ1v) is 6.38. The van der Waals surface area contributed by atoms with Crippen molar-refractivity contribution in [3.8, 4) is 5.88 Å². The van der Waals surface area contributed by atoms with Crippen LogP contribution < -0.4 is 10.3 Å². The average Bonchev–Trinajstić information content (AvgIpc) is 2.43. The third-order valence-electron chi connectivity index (χ3n) is 3.23. The Balaban J connectivity index is 2.51. The number of ether oxygens (including phenoxy) is 1. The van der Waals surface area contributed by atoms with Gasteiger partial charge >= 0.3 is 5.97 Å². The molecule has 0 unspecified atom stereocenters. The van der Waals surface area contributed by atoms with Crippen LogP contribution in [0.1, 0.15) is 27.3 Å². The summed E-state index contributed by atoms with van der Waals surface area (Å²) in [4.78, 5) is 27.8. The Kier molecular flexibility index (Phi) is 4.07. The zero-order valence-electron chi connectivity index (χ0n) is 12.1. The maximum Gasteiger partial charge on any atom is 0.341 e. The second kappa shape index (κ2) is 5.78. The Bertz CT molecular complexity index is 750. The highest BCUT2D eigenvalue weighted by atomic mass is 16.5. The van der Waals surface area contributed by atoms with Gasteiger partial charge in [0, 0.05) is 11.8 Å². The summed E-state index contributed by atoms with van der Waals surface area (Å²) in [5.74, 6) is -0.770. The molecule has 2 aromatic heterocycles. The van der Waals surface area contributed by atoms with Gasteiger partial charge in [0.15, 0.2) is 0 Å². The molecule has 110 valence electrons. The fraction of sp³-hybridized carbons (Fsp3) is 0.267. The summed E-state index contributed by atoms with van der Waals surface area (Å²) in [6.45, 7) is 3.58. The van der Waals surface area contributed by atoms with Gasteiger partial charge in [-0.1, -0.05) is 6.07 Å². The summed E-state index contributed by atoms with van der Waals surface area (Å²) >= 11 is 0. The Morgan fingerprint density at radius 2 is 2.10 bits per heavy atom. The van der Waals surface area contributed by atoms with Gasteiger partial charge in [0.2, 0.25) is 5.88 Å². The third-order valence-corrected chi connectivity index (χ3v) is 3.23. The van der Waals surface area contributed by atoms with Crippen molar-refractivity contribution in [2.75, 3.05) is 7.11 Å². The van der Waals surface area contributed by atoms with Gasteiger partial charge in [0.05, 0.1) is 19.3 Å². The highest BCUT2D eigenvalue weighted by Crippen LogP contribution is 2.11. The van der Waals surface area contributed by atoms with Crippen molar-refractivity contribution in [3.05, 3.63) is 57.1 Å². The van der Waals surface area contributed by atoms with E-state index in [4.69, 9.17) is 9.84 Å². The number of carboxylic acid groups (broad SMARTS) is 1. The molecule has 0 saturated carbocycles. The summed E-state index contributed by atoms with van der Waals surface area (Å²) < 4.78 is 6.44. The van der Waals surface area contributed by atoms with Crippen LogP contribution in [0.4, 0.5) is 0 Å². The lowest BCUT2D eigenvalue weighted by Gasteiger charge is -2.12. The van der Waals surface area contributed by atoms with Crippen LogP contribution in [0.3, 0.4) is 0 Å². The normalized spacial score (nSPS) is 10.4. The average molecular weight is 288 g/mol. The number of methoxy groups -OCH3 is 1. The van der Waals surface area contributed by atoms with Crippen molar-refractivity contribution in [1.82, 2.24) is 9.55 Å². The number of pyridine rings is 2. The number of carboxylic acids is 1. The quantitative estimate of drug-likeness (QED) is 0.924. The van der Waals surface area contributed by atoms with Gasteiger partial charge in [-0.2, -0.15) is 0 Å². The third kappa shape index (κ3) is 2.94. The van der Waals surface area contributed by atoms with Gasteiger partial charge in [0.1, 0.15) is 5.56 Å². The van der Waals surface area contributed by atoms with Crippen molar-refractivity contribution in [2.45, 2.75) is 20.4 Å². The minimum atomic E-state index is -1.22. The minimum absolute atomic E-state index is 0.197. The number of nitrogens with zero attached hydrogens (tertiary/aromatic N) is 2. The molecule has 0 amide bonds. The predicted molar refractivity (Wildman–Crippen MR) is 77.0 cm³/mol. The lowest BCUT2D eigenvalue weighted by atomic mass is 10.1. The van der Waals surface area contributed by atoms with Gasteiger partial charge in [0.25, 0.3) is 5.56 Å². The molecule has 0 fully saturated rings. The maximum absolute atomic E-state index is 12.3. The van der Waals surface area contributed by atoms with Crippen molar-refractivity contribution < 1.29 is 14.6 Å². The number of aryl methyl sites for hydroxylation is 2. The summed E-state index contributed by atoms with van der Waals surface area (Å²) in [5, 5.41) is 9.16. The molecule has 0 bridgehead atoms. The van der Waals surface area contributed by atoms with Crippen LogP contribution in [0.2, 0.25) is 0 Å². The molecular weight excluding hydrogens is 272 g/mol. The molecule has 2 heterocycles. The molecule has 2 rings (SSSR count). The Labute approximate surface area is 121 Å². The van der Waals surface area contributed by atoms with E-state index in [0.29, 0.717) is 22.8 Å². The molecule has 21 heavy (non-hydrogen) atoms. The molecule has 0 aromatic carbocycles. The molecule has 6 heteroatoms. The topological polar surface area (TPSA) is 81.4 Å². The predicted octanol–water partition coefficient (Wildman–Crippen LogP) is 1.62. The fourth-order valence-electron chi connectivity index (χ4n) is 2.21. The lowest BCUT2D eigenvalue weighted by Crippen LogP contribution is -2.29. The number of hydrogen-bond donors (Lipinski definition) is 1. The molecule has 0 aliphatic heterocycles. The van der Waals surface area contributed by atoms with E-state index in [1.54, 1.807) is 38.1 Å². The molecule has 0 aliphatic carbocycles. The van der Waals surface area contributed by atoms with E-state index in [1.807, 2.05) is 0 Å². The highest BCUT2D eigenvalue weighted by molar-refractivity contribution is 5.88. The van der Waals surface area contributed by atoms with Crippen molar-refractivity contribution >= 4 is 5.97 Å². The zero-order chi connectivity index (χ0) is 15.6. The van der Waals surface area contributed by atoms with E-state index >= 15 is 0 Å². The number of carbonyl (C=O) groups is 1. The first kappa shape index (κ1) is 14.8. The van der Waals surface area contributed by atoms with Gasteiger partial charge in [-0.15, -0.1) is 0 Å². The molecule has 1 N–H and O–H groups in total. The van der Waals surface area contributed by atoms with Crippen molar-refractivity contribution in [3.63, 3.8) is 0 Å². The Morgan fingerprint density at radius 1 is 1.38 bits per heavy atom. The molecule has 0 radical (unpaired) electrons. The maximum atomic E-state index is 12.3. The van der Waals surface area contributed by atoms with Crippen LogP contribution >= 0.6 is 0 Å². The molecule has 0 saturated heterocycles. The van der Waals surface area contributed by atoms with E-state index in [2.05, 4.69) is 4.98 Å². The number of hydrogen-bond acceptors (Lipinski definition) is 4. The summed E-state index contributed by atoms with van der Waals surface area (Å²) in [5.41, 5.74) is 1.04. The van der Waals surface area contributed by atoms with Gasteiger partial charge in [-0.05, 0) is 31.5 Å². The second-order valence-electron chi connectivity index (χ2n) is 4.71. The Morgan fingerprint density at radius 3 is 2.71 bits per heavy atom. The smallest absolute Gasteiger partial charge is 0.341 e. The monoisotopic (exact) mass is 288 g/mol. The van der Waals surface area contributed by atoms with Crippen LogP contribution in [-0.4, -0.2) is 27.7 Å². The standard InChI is InChI=1S/C15H16N2O4/c1-9-7-10(2)17(14(18)13(9)15(19)20)8-11-5-4-6-12(16-11)21-3/h4-7H,8H2,1-3H3,(H,19,20). The SMILES string of the molecule is COc1cccc(Cn2c(C)cc(C)c(C(=O)O)c2=O)n1. The highest BCUT2D eigenvalue weighted by Gasteiger charge is 2.16. The molecule has 2 aromatic rings. The summed E-state index contributed by atoms with van der Waals surface area (Å²) in [6.07, 6.45) is 0. The van der Waals surface area contributed by atoms with Gasteiger partial charge in [-0.25, -0.2) is 9.78 Å². The zero-order valence-corrected chi connectivity index (χ0v) is 12.1. The van der Waals surface area contributed by atoms with E-state index in [9.17, 15) is 9.59 Å². The molecular formula is C15H16N2O4. The molecule has 0 aliphatic rings. The van der Waals surface area contributed by atoms with Crippen LogP contribution in [0.15, 0.2) is 29.1 Å². The van der Waals surface area contributed by atoms with Crippen LogP contribution in [0.25, 0.3) is 0 Å². The van der Waals surface area contributed by atoms with Crippen LogP contribution in [-0.2, 0) is 6.54 Å².